The monoisotopic (exact) mass is 490 g/mol. The molecular weight excluding hydrogens is 448 g/mol. The van der Waals surface area contributed by atoms with Gasteiger partial charge in [0, 0.05) is 16.9 Å². The quantitative estimate of drug-likeness (QED) is 0.359. The number of rotatable bonds is 4. The minimum absolute atomic E-state index is 0. The van der Waals surface area contributed by atoms with Crippen LogP contribution in [0.15, 0.2) is 84.6 Å². The van der Waals surface area contributed by atoms with Crippen LogP contribution in [-0.2, 0) is 5.54 Å². The number of anilines is 1. The summed E-state index contributed by atoms with van der Waals surface area (Å²) in [4.78, 5) is 5.65. The van der Waals surface area contributed by atoms with Crippen LogP contribution in [0.4, 0.5) is 5.69 Å². The number of para-hydroxylation sites is 1. The van der Waals surface area contributed by atoms with E-state index >= 15 is 0 Å². The summed E-state index contributed by atoms with van der Waals surface area (Å²) < 4.78 is 0. The maximum Gasteiger partial charge on any atom is 0.133 e. The lowest BCUT2D eigenvalue weighted by Crippen LogP contribution is -2.53. The van der Waals surface area contributed by atoms with E-state index in [1.54, 1.807) is 5.56 Å². The van der Waals surface area contributed by atoms with Crippen LogP contribution in [0.3, 0.4) is 0 Å². The van der Waals surface area contributed by atoms with Gasteiger partial charge in [0.25, 0.3) is 0 Å². The predicted octanol–water partition coefficient (Wildman–Crippen LogP) is 9.43. The van der Waals surface area contributed by atoms with Crippen molar-refractivity contribution in [3.63, 3.8) is 0 Å². The average molecular weight is 491 g/mol. The van der Waals surface area contributed by atoms with E-state index in [0.717, 1.165) is 11.8 Å². The van der Waals surface area contributed by atoms with Gasteiger partial charge in [0.15, 0.2) is 0 Å². The van der Waals surface area contributed by atoms with Crippen LogP contribution in [0.25, 0.3) is 5.70 Å². The second-order valence-corrected chi connectivity index (χ2v) is 11.6. The van der Waals surface area contributed by atoms with Gasteiger partial charge in [-0.05, 0) is 74.1 Å². The summed E-state index contributed by atoms with van der Waals surface area (Å²) in [6, 6.07) is 29.9. The van der Waals surface area contributed by atoms with Gasteiger partial charge in [0.1, 0.15) is 6.17 Å². The molecule has 3 aromatic rings. The van der Waals surface area contributed by atoms with Gasteiger partial charge in [-0.15, -0.1) is 0 Å². The van der Waals surface area contributed by atoms with E-state index in [1.165, 1.54) is 85.1 Å². The fourth-order valence-corrected chi connectivity index (χ4v) is 8.56. The maximum absolute atomic E-state index is 2.97. The molecule has 37 heavy (non-hydrogen) atoms. The van der Waals surface area contributed by atoms with Crippen molar-refractivity contribution in [2.75, 3.05) is 4.90 Å². The predicted molar refractivity (Wildman–Crippen MR) is 156 cm³/mol. The zero-order valence-electron chi connectivity index (χ0n) is 21.8. The second-order valence-electron chi connectivity index (χ2n) is 11.6. The van der Waals surface area contributed by atoms with E-state index in [4.69, 9.17) is 0 Å². The Morgan fingerprint density at radius 1 is 0.676 bits per heavy atom. The van der Waals surface area contributed by atoms with E-state index in [0.29, 0.717) is 0 Å². The third-order valence-electron chi connectivity index (χ3n) is 9.87. The van der Waals surface area contributed by atoms with Crippen molar-refractivity contribution in [2.24, 2.45) is 11.8 Å². The largest absolute Gasteiger partial charge is 0.335 e. The molecule has 0 bridgehead atoms. The minimum atomic E-state index is 0. The Morgan fingerprint density at radius 2 is 1.24 bits per heavy atom. The van der Waals surface area contributed by atoms with Crippen molar-refractivity contribution in [2.45, 2.75) is 84.3 Å². The van der Waals surface area contributed by atoms with Crippen LogP contribution >= 0.6 is 0 Å². The second kappa shape index (κ2) is 9.39. The maximum atomic E-state index is 2.97. The topological polar surface area (TPSA) is 6.48 Å². The molecule has 1 atom stereocenters. The first-order valence-electron chi connectivity index (χ1n) is 14.2. The zero-order valence-corrected chi connectivity index (χ0v) is 21.8. The SMILES string of the molecule is C.CC1=C2c3ccccc3C(C3CCCC3)(C3CCCC3)N2C(c2ccccc2)N1c1ccccc1C. The van der Waals surface area contributed by atoms with Crippen molar-refractivity contribution >= 4 is 11.4 Å². The number of hydrogen-bond donors (Lipinski definition) is 0. The Kier molecular flexibility index (Phi) is 6.18. The van der Waals surface area contributed by atoms with Crippen LogP contribution in [0.5, 0.6) is 0 Å². The summed E-state index contributed by atoms with van der Waals surface area (Å²) in [5.74, 6) is 1.44. The lowest BCUT2D eigenvalue weighted by molar-refractivity contribution is 0.01000. The van der Waals surface area contributed by atoms with Gasteiger partial charge in [-0.25, -0.2) is 0 Å². The lowest BCUT2D eigenvalue weighted by Gasteiger charge is -2.52. The smallest absolute Gasteiger partial charge is 0.133 e. The van der Waals surface area contributed by atoms with Gasteiger partial charge in [0.05, 0.1) is 11.2 Å². The average Bonchev–Trinajstić information content (AvgIpc) is 3.71. The third-order valence-corrected chi connectivity index (χ3v) is 9.87. The molecule has 2 heteroatoms. The molecule has 0 saturated heterocycles. The zero-order chi connectivity index (χ0) is 24.3. The van der Waals surface area contributed by atoms with Crippen LogP contribution in [0.1, 0.15) is 94.1 Å². The third kappa shape index (κ3) is 3.37. The van der Waals surface area contributed by atoms with Crippen LogP contribution < -0.4 is 4.90 Å². The summed E-state index contributed by atoms with van der Waals surface area (Å²) in [5.41, 5.74) is 10.2. The highest BCUT2D eigenvalue weighted by molar-refractivity contribution is 5.83. The summed E-state index contributed by atoms with van der Waals surface area (Å²) >= 11 is 0. The normalized spacial score (nSPS) is 22.9. The molecule has 0 radical (unpaired) electrons. The molecule has 0 N–H and O–H groups in total. The number of fused-ring (bicyclic) bond motifs is 3. The van der Waals surface area contributed by atoms with Crippen molar-refractivity contribution in [1.82, 2.24) is 4.90 Å². The molecule has 0 spiro atoms. The van der Waals surface area contributed by atoms with Crippen molar-refractivity contribution in [3.05, 3.63) is 107 Å². The van der Waals surface area contributed by atoms with E-state index in [-0.39, 0.29) is 19.1 Å². The minimum Gasteiger partial charge on any atom is -0.335 e. The molecule has 2 fully saturated rings. The van der Waals surface area contributed by atoms with E-state index in [9.17, 15) is 0 Å². The first-order valence-corrected chi connectivity index (χ1v) is 14.2. The van der Waals surface area contributed by atoms with E-state index in [1.807, 2.05) is 0 Å². The molecule has 192 valence electrons. The highest BCUT2D eigenvalue weighted by Crippen LogP contribution is 2.66. The number of nitrogens with zero attached hydrogens (tertiary/aromatic N) is 2. The molecule has 2 heterocycles. The Labute approximate surface area is 224 Å². The summed E-state index contributed by atoms with van der Waals surface area (Å²) in [6.07, 6.45) is 11.1. The van der Waals surface area contributed by atoms with Gasteiger partial charge in [-0.2, -0.15) is 0 Å². The van der Waals surface area contributed by atoms with Crippen LogP contribution in [0, 0.1) is 18.8 Å². The van der Waals surface area contributed by atoms with Crippen molar-refractivity contribution in [3.8, 4) is 0 Å². The Bertz CT molecular complexity index is 1280. The number of allylic oxidation sites excluding steroid dienone is 1. The molecule has 2 nitrogen and oxygen atoms in total. The molecule has 3 aromatic carbocycles. The first-order chi connectivity index (χ1) is 17.7. The molecule has 0 amide bonds. The van der Waals surface area contributed by atoms with E-state index < -0.39 is 0 Å². The van der Waals surface area contributed by atoms with Gasteiger partial charge in [-0.1, -0.05) is 106 Å². The van der Waals surface area contributed by atoms with Gasteiger partial charge >= 0.3 is 0 Å². The lowest BCUT2D eigenvalue weighted by atomic mass is 9.67. The fraction of sp³-hybridized carbons (Fsp3) is 0.429. The molecule has 2 aliphatic heterocycles. The molecule has 1 unspecified atom stereocenters. The van der Waals surface area contributed by atoms with E-state index in [2.05, 4.69) is 103 Å². The van der Waals surface area contributed by atoms with Crippen LogP contribution in [-0.4, -0.2) is 4.90 Å². The highest BCUT2D eigenvalue weighted by Gasteiger charge is 2.62. The fourth-order valence-electron chi connectivity index (χ4n) is 8.56. The standard InChI is InChI=1S/C34H38N2.CH4/c1-24-14-6-13-23-31(24)35-25(2)32-29-21-11-12-22-30(29)34(27-17-7-8-18-27,28-19-9-10-20-28)36(32)33(35)26-15-4-3-5-16-26;/h3-6,11-16,21-23,27-28,33H,7-10,17-20H2,1-2H3;1H4. The number of benzene rings is 3. The Morgan fingerprint density at radius 3 is 1.89 bits per heavy atom. The molecule has 4 aliphatic rings. The van der Waals surface area contributed by atoms with Crippen LogP contribution in [0.2, 0.25) is 0 Å². The van der Waals surface area contributed by atoms with Gasteiger partial charge < -0.3 is 9.80 Å². The summed E-state index contributed by atoms with van der Waals surface area (Å²) in [6.45, 7) is 4.65. The summed E-state index contributed by atoms with van der Waals surface area (Å²) in [7, 11) is 0. The van der Waals surface area contributed by atoms with Crippen molar-refractivity contribution < 1.29 is 0 Å². The van der Waals surface area contributed by atoms with Crippen molar-refractivity contribution in [1.29, 1.82) is 0 Å². The highest BCUT2D eigenvalue weighted by atomic mass is 15.5. The Hall–Kier alpha value is -3.00. The van der Waals surface area contributed by atoms with Gasteiger partial charge in [-0.3, -0.25) is 0 Å². The van der Waals surface area contributed by atoms with Gasteiger partial charge in [0.2, 0.25) is 0 Å². The molecule has 0 aromatic heterocycles. The molecule has 2 saturated carbocycles. The number of hydrogen-bond acceptors (Lipinski definition) is 2. The Balaban J connectivity index is 0.00000252. The number of aryl methyl sites for hydroxylation is 1. The first kappa shape index (κ1) is 24.3. The molecule has 2 aliphatic carbocycles. The molecule has 7 rings (SSSR count). The molecular formula is C35H42N2. The summed E-state index contributed by atoms with van der Waals surface area (Å²) in [5, 5.41) is 0.